The number of hydrogen-bond donors (Lipinski definition) is 1. The van der Waals surface area contributed by atoms with Crippen molar-refractivity contribution in [3.8, 4) is 16.9 Å². The van der Waals surface area contributed by atoms with Crippen LogP contribution in [0.5, 0.6) is 5.75 Å². The fourth-order valence-electron chi connectivity index (χ4n) is 2.48. The summed E-state index contributed by atoms with van der Waals surface area (Å²) < 4.78 is 5.86. The van der Waals surface area contributed by atoms with E-state index in [1.807, 2.05) is 0 Å². The lowest BCUT2D eigenvalue weighted by Gasteiger charge is -2.21. The quantitative estimate of drug-likeness (QED) is 0.845. The van der Waals surface area contributed by atoms with E-state index in [-0.39, 0.29) is 0 Å². The van der Waals surface area contributed by atoms with Crippen molar-refractivity contribution >= 4 is 0 Å². The second-order valence-electron chi connectivity index (χ2n) is 4.56. The van der Waals surface area contributed by atoms with Crippen molar-refractivity contribution in [3.05, 3.63) is 53.6 Å². The molecule has 0 amide bonds. The van der Waals surface area contributed by atoms with Gasteiger partial charge in [0.2, 0.25) is 0 Å². The highest BCUT2D eigenvalue weighted by Crippen LogP contribution is 2.37. The molecule has 0 saturated heterocycles. The van der Waals surface area contributed by atoms with Gasteiger partial charge in [0, 0.05) is 5.56 Å². The second kappa shape index (κ2) is 6.39. The topological polar surface area (TPSA) is 35.2 Å². The van der Waals surface area contributed by atoms with E-state index >= 15 is 0 Å². The second-order valence-corrected chi connectivity index (χ2v) is 4.56. The van der Waals surface area contributed by atoms with Gasteiger partial charge in [-0.05, 0) is 43.5 Å². The minimum absolute atomic E-state index is 0.843. The first-order chi connectivity index (χ1) is 9.36. The van der Waals surface area contributed by atoms with Crippen molar-refractivity contribution in [2.45, 2.75) is 19.8 Å². The van der Waals surface area contributed by atoms with Crippen molar-refractivity contribution in [2.75, 3.05) is 13.7 Å². The summed E-state index contributed by atoms with van der Waals surface area (Å²) in [5.41, 5.74) is 9.67. The van der Waals surface area contributed by atoms with E-state index < -0.39 is 0 Å². The maximum atomic E-state index is 5.86. The summed E-state index contributed by atoms with van der Waals surface area (Å²) in [5, 5.41) is 0. The molecule has 0 aliphatic carbocycles. The standard InChI is InChI=1S/C16H16O.CH5N/c1-12-6-2-3-9-14(12)15-10-4-7-13-8-5-11-17-16(13)15;1-2/h2-4,6-7,9-10H,5,8,11H2,1H3;2H2,1H3. The van der Waals surface area contributed by atoms with E-state index in [1.54, 1.807) is 0 Å². The number of para-hydroxylation sites is 1. The molecule has 1 aliphatic heterocycles. The molecular formula is C17H21NO. The Morgan fingerprint density at radius 1 is 0.947 bits per heavy atom. The number of hydrogen-bond acceptors (Lipinski definition) is 2. The zero-order valence-electron chi connectivity index (χ0n) is 11.6. The SMILES string of the molecule is CN.Cc1ccccc1-c1cccc2c1OCCC2. The number of nitrogens with two attached hydrogens (primary N) is 1. The zero-order valence-corrected chi connectivity index (χ0v) is 11.6. The molecule has 3 rings (SSSR count). The van der Waals surface area contributed by atoms with E-state index in [2.05, 4.69) is 55.1 Å². The summed E-state index contributed by atoms with van der Waals surface area (Å²) >= 11 is 0. The van der Waals surface area contributed by atoms with Gasteiger partial charge in [-0.3, -0.25) is 0 Å². The largest absolute Gasteiger partial charge is 0.493 e. The van der Waals surface area contributed by atoms with Gasteiger partial charge in [-0.1, -0.05) is 42.5 Å². The number of benzene rings is 2. The number of fused-ring (bicyclic) bond motifs is 1. The van der Waals surface area contributed by atoms with Crippen LogP contribution >= 0.6 is 0 Å². The Balaban J connectivity index is 0.000000637. The first-order valence-electron chi connectivity index (χ1n) is 6.75. The molecule has 100 valence electrons. The lowest BCUT2D eigenvalue weighted by atomic mass is 9.95. The minimum atomic E-state index is 0.843. The highest BCUT2D eigenvalue weighted by atomic mass is 16.5. The molecule has 1 heterocycles. The van der Waals surface area contributed by atoms with Crippen LogP contribution in [-0.2, 0) is 6.42 Å². The van der Waals surface area contributed by atoms with Crippen LogP contribution in [0.4, 0.5) is 0 Å². The Kier molecular flexibility index (Phi) is 4.58. The van der Waals surface area contributed by atoms with Crippen molar-refractivity contribution in [1.82, 2.24) is 0 Å². The van der Waals surface area contributed by atoms with Gasteiger partial charge in [-0.25, -0.2) is 0 Å². The van der Waals surface area contributed by atoms with Crippen LogP contribution in [0.3, 0.4) is 0 Å². The molecule has 0 radical (unpaired) electrons. The van der Waals surface area contributed by atoms with Crippen molar-refractivity contribution in [3.63, 3.8) is 0 Å². The van der Waals surface area contributed by atoms with E-state index in [9.17, 15) is 0 Å². The molecule has 19 heavy (non-hydrogen) atoms. The van der Waals surface area contributed by atoms with Crippen LogP contribution in [0.15, 0.2) is 42.5 Å². The van der Waals surface area contributed by atoms with Crippen LogP contribution in [0, 0.1) is 6.92 Å². The Morgan fingerprint density at radius 2 is 1.68 bits per heavy atom. The van der Waals surface area contributed by atoms with Crippen molar-refractivity contribution < 1.29 is 4.74 Å². The Morgan fingerprint density at radius 3 is 2.47 bits per heavy atom. The molecule has 2 N–H and O–H groups in total. The average molecular weight is 255 g/mol. The predicted molar refractivity (Wildman–Crippen MR) is 80.5 cm³/mol. The molecule has 2 heteroatoms. The summed E-state index contributed by atoms with van der Waals surface area (Å²) in [6, 6.07) is 15.0. The summed E-state index contributed by atoms with van der Waals surface area (Å²) in [5.74, 6) is 1.09. The molecule has 0 fully saturated rings. The van der Waals surface area contributed by atoms with Gasteiger partial charge in [0.25, 0.3) is 0 Å². The fraction of sp³-hybridized carbons (Fsp3) is 0.294. The maximum Gasteiger partial charge on any atom is 0.130 e. The van der Waals surface area contributed by atoms with Crippen molar-refractivity contribution in [2.24, 2.45) is 5.73 Å². The minimum Gasteiger partial charge on any atom is -0.493 e. The Hall–Kier alpha value is -1.80. The number of rotatable bonds is 1. The third kappa shape index (κ3) is 2.79. The number of ether oxygens (including phenoxy) is 1. The predicted octanol–water partition coefficient (Wildman–Crippen LogP) is 3.56. The molecule has 2 aromatic carbocycles. The van der Waals surface area contributed by atoms with Gasteiger partial charge < -0.3 is 10.5 Å². The third-order valence-corrected chi connectivity index (χ3v) is 3.37. The van der Waals surface area contributed by atoms with E-state index in [1.165, 1.54) is 29.3 Å². The van der Waals surface area contributed by atoms with Crippen LogP contribution < -0.4 is 10.5 Å². The van der Waals surface area contributed by atoms with Gasteiger partial charge >= 0.3 is 0 Å². The first kappa shape index (κ1) is 13.6. The van der Waals surface area contributed by atoms with E-state index in [0.717, 1.165) is 25.2 Å². The zero-order chi connectivity index (χ0) is 13.7. The lowest BCUT2D eigenvalue weighted by molar-refractivity contribution is 0.289. The Labute approximate surface area is 115 Å². The molecule has 2 nitrogen and oxygen atoms in total. The van der Waals surface area contributed by atoms with Gasteiger partial charge in [0.15, 0.2) is 0 Å². The number of aryl methyl sites for hydroxylation is 2. The fourth-order valence-corrected chi connectivity index (χ4v) is 2.48. The van der Waals surface area contributed by atoms with Gasteiger partial charge in [0.05, 0.1) is 6.61 Å². The van der Waals surface area contributed by atoms with Gasteiger partial charge in [-0.2, -0.15) is 0 Å². The monoisotopic (exact) mass is 255 g/mol. The molecule has 1 aliphatic rings. The summed E-state index contributed by atoms with van der Waals surface area (Å²) in [6.45, 7) is 2.99. The molecule has 0 spiro atoms. The van der Waals surface area contributed by atoms with Crippen LogP contribution in [0.25, 0.3) is 11.1 Å². The molecular weight excluding hydrogens is 234 g/mol. The molecule has 2 aromatic rings. The molecule has 0 saturated carbocycles. The van der Waals surface area contributed by atoms with Crippen LogP contribution in [-0.4, -0.2) is 13.7 Å². The van der Waals surface area contributed by atoms with E-state index in [4.69, 9.17) is 4.74 Å². The molecule has 0 bridgehead atoms. The average Bonchev–Trinajstić information content (AvgIpc) is 2.49. The normalized spacial score (nSPS) is 12.8. The summed E-state index contributed by atoms with van der Waals surface area (Å²) in [4.78, 5) is 0. The van der Waals surface area contributed by atoms with E-state index in [0.29, 0.717) is 0 Å². The van der Waals surface area contributed by atoms with Gasteiger partial charge in [-0.15, -0.1) is 0 Å². The Bertz CT molecular complexity index is 549. The van der Waals surface area contributed by atoms with Crippen LogP contribution in [0.2, 0.25) is 0 Å². The molecule has 0 aromatic heterocycles. The van der Waals surface area contributed by atoms with Gasteiger partial charge in [0.1, 0.15) is 5.75 Å². The summed E-state index contributed by atoms with van der Waals surface area (Å²) in [6.07, 6.45) is 2.26. The van der Waals surface area contributed by atoms with Crippen LogP contribution in [0.1, 0.15) is 17.5 Å². The first-order valence-corrected chi connectivity index (χ1v) is 6.75. The smallest absolute Gasteiger partial charge is 0.130 e. The maximum absolute atomic E-state index is 5.86. The van der Waals surface area contributed by atoms with Crippen molar-refractivity contribution in [1.29, 1.82) is 0 Å². The molecule has 0 unspecified atom stereocenters. The third-order valence-electron chi connectivity index (χ3n) is 3.37. The highest BCUT2D eigenvalue weighted by molar-refractivity contribution is 5.74. The summed E-state index contributed by atoms with van der Waals surface area (Å²) in [7, 11) is 1.50. The molecule has 0 atom stereocenters. The highest BCUT2D eigenvalue weighted by Gasteiger charge is 2.15. The lowest BCUT2D eigenvalue weighted by Crippen LogP contribution is -2.09.